The highest BCUT2D eigenvalue weighted by Crippen LogP contribution is 2.18. The smallest absolute Gasteiger partial charge is 0.191 e. The Morgan fingerprint density at radius 1 is 1.62 bits per heavy atom. The maximum Gasteiger partial charge on any atom is 0.191 e. The van der Waals surface area contributed by atoms with E-state index in [1.165, 1.54) is 17.7 Å². The minimum Gasteiger partial charge on any atom is -0.357 e. The van der Waals surface area contributed by atoms with Gasteiger partial charge in [0.1, 0.15) is 0 Å². The summed E-state index contributed by atoms with van der Waals surface area (Å²) in [6, 6.07) is 0.639. The third kappa shape index (κ3) is 3.20. The lowest BCUT2D eigenvalue weighted by Crippen LogP contribution is -2.38. The number of rotatable bonds is 4. The predicted molar refractivity (Wildman–Crippen MR) is 67.8 cm³/mol. The number of nitrogens with one attached hydrogen (secondary N) is 2. The monoisotopic (exact) mass is 238 g/mol. The van der Waals surface area contributed by atoms with Gasteiger partial charge in [0.15, 0.2) is 5.96 Å². The Kier molecular flexibility index (Phi) is 3.77. The van der Waals surface area contributed by atoms with Crippen LogP contribution in [0.25, 0.3) is 0 Å². The molecule has 0 radical (unpaired) electrons. The Labute approximate surface area is 100 Å². The topological polar surface area (TPSA) is 49.3 Å². The lowest BCUT2D eigenvalue weighted by atomic mass is 10.4. The fourth-order valence-corrected chi connectivity index (χ4v) is 2.07. The van der Waals surface area contributed by atoms with E-state index in [9.17, 15) is 0 Å². The van der Waals surface area contributed by atoms with Crippen LogP contribution in [0.5, 0.6) is 0 Å². The zero-order valence-corrected chi connectivity index (χ0v) is 10.6. The molecule has 16 heavy (non-hydrogen) atoms. The maximum absolute atomic E-state index is 4.56. The van der Waals surface area contributed by atoms with Gasteiger partial charge in [0.25, 0.3) is 0 Å². The molecule has 1 aliphatic rings. The van der Waals surface area contributed by atoms with Gasteiger partial charge in [-0.15, -0.1) is 11.3 Å². The van der Waals surface area contributed by atoms with Crippen LogP contribution < -0.4 is 10.6 Å². The number of hydrogen-bond donors (Lipinski definition) is 2. The van der Waals surface area contributed by atoms with Crippen LogP contribution in [0.2, 0.25) is 0 Å². The van der Waals surface area contributed by atoms with Crippen LogP contribution >= 0.6 is 11.3 Å². The second kappa shape index (κ2) is 5.30. The average molecular weight is 238 g/mol. The van der Waals surface area contributed by atoms with Crippen molar-refractivity contribution in [2.24, 2.45) is 4.99 Å². The van der Waals surface area contributed by atoms with E-state index in [2.05, 4.69) is 27.5 Å². The maximum atomic E-state index is 4.56. The van der Waals surface area contributed by atoms with Gasteiger partial charge in [0.2, 0.25) is 0 Å². The molecule has 0 saturated heterocycles. The molecule has 0 aromatic carbocycles. The molecule has 1 fully saturated rings. The van der Waals surface area contributed by atoms with Crippen LogP contribution in [0.1, 0.15) is 30.3 Å². The summed E-state index contributed by atoms with van der Waals surface area (Å²) in [6.45, 7) is 5.74. The third-order valence-corrected chi connectivity index (χ3v) is 3.41. The van der Waals surface area contributed by atoms with E-state index in [-0.39, 0.29) is 0 Å². The lowest BCUT2D eigenvalue weighted by molar-refractivity contribution is 0.813. The highest BCUT2D eigenvalue weighted by atomic mass is 32.1. The van der Waals surface area contributed by atoms with E-state index in [0.717, 1.165) is 24.7 Å². The summed E-state index contributed by atoms with van der Waals surface area (Å²) in [4.78, 5) is 10.0. The van der Waals surface area contributed by atoms with Gasteiger partial charge in [-0.05, 0) is 26.7 Å². The second-order valence-corrected chi connectivity index (χ2v) is 4.91. The van der Waals surface area contributed by atoms with Crippen LogP contribution in [0, 0.1) is 6.92 Å². The molecule has 2 rings (SSSR count). The molecule has 1 aromatic heterocycles. The third-order valence-electron chi connectivity index (χ3n) is 2.49. The van der Waals surface area contributed by atoms with E-state index >= 15 is 0 Å². The van der Waals surface area contributed by atoms with Gasteiger partial charge in [0.05, 0.1) is 17.7 Å². The lowest BCUT2D eigenvalue weighted by Gasteiger charge is -2.09. The van der Waals surface area contributed by atoms with Crippen molar-refractivity contribution in [3.63, 3.8) is 0 Å². The van der Waals surface area contributed by atoms with Crippen molar-refractivity contribution in [3.05, 3.63) is 16.1 Å². The molecule has 1 aliphatic carbocycles. The summed E-state index contributed by atoms with van der Waals surface area (Å²) in [5, 5.41) is 6.66. The summed E-state index contributed by atoms with van der Waals surface area (Å²) >= 11 is 1.67. The fourth-order valence-electron chi connectivity index (χ4n) is 1.37. The number of hydrogen-bond acceptors (Lipinski definition) is 3. The summed E-state index contributed by atoms with van der Waals surface area (Å²) < 4.78 is 0. The first-order chi connectivity index (χ1) is 7.79. The van der Waals surface area contributed by atoms with Crippen LogP contribution in [0.15, 0.2) is 10.5 Å². The second-order valence-electron chi connectivity index (χ2n) is 3.97. The zero-order valence-electron chi connectivity index (χ0n) is 9.79. The number of aliphatic imine (C=N–C) groups is 1. The van der Waals surface area contributed by atoms with E-state index in [0.29, 0.717) is 6.04 Å². The Bertz CT molecular complexity index is 368. The number of thiazole rings is 1. The molecule has 0 amide bonds. The standard InChI is InChI=1S/C11H18N4S/c1-3-12-11(15-9-4-5-9)13-6-10-8(2)14-7-16-10/h7,9H,3-6H2,1-2H3,(H2,12,13,15). The molecular weight excluding hydrogens is 220 g/mol. The van der Waals surface area contributed by atoms with Gasteiger partial charge in [-0.1, -0.05) is 0 Å². The number of guanidine groups is 1. The molecule has 1 saturated carbocycles. The van der Waals surface area contributed by atoms with Crippen molar-refractivity contribution in [2.75, 3.05) is 6.54 Å². The molecule has 88 valence electrons. The van der Waals surface area contributed by atoms with Crippen molar-refractivity contribution in [2.45, 2.75) is 39.3 Å². The van der Waals surface area contributed by atoms with Gasteiger partial charge in [-0.25, -0.2) is 9.98 Å². The summed E-state index contributed by atoms with van der Waals surface area (Å²) in [5.41, 5.74) is 2.97. The summed E-state index contributed by atoms with van der Waals surface area (Å²) in [5.74, 6) is 0.929. The van der Waals surface area contributed by atoms with Crippen LogP contribution in [0.4, 0.5) is 0 Å². The number of aryl methyl sites for hydroxylation is 1. The molecular formula is C11H18N4S. The molecule has 1 heterocycles. The number of nitrogens with zero attached hydrogens (tertiary/aromatic N) is 2. The summed E-state index contributed by atoms with van der Waals surface area (Å²) in [7, 11) is 0. The summed E-state index contributed by atoms with van der Waals surface area (Å²) in [6.07, 6.45) is 2.54. The Hall–Kier alpha value is -1.10. The molecule has 0 bridgehead atoms. The quantitative estimate of drug-likeness (QED) is 0.619. The predicted octanol–water partition coefficient (Wildman–Crippen LogP) is 1.67. The normalized spacial score (nSPS) is 16.2. The van der Waals surface area contributed by atoms with Crippen molar-refractivity contribution in [1.82, 2.24) is 15.6 Å². The molecule has 0 unspecified atom stereocenters. The van der Waals surface area contributed by atoms with E-state index < -0.39 is 0 Å². The highest BCUT2D eigenvalue weighted by molar-refractivity contribution is 7.09. The molecule has 4 nitrogen and oxygen atoms in total. The molecule has 2 N–H and O–H groups in total. The minimum atomic E-state index is 0.639. The molecule has 0 aliphatic heterocycles. The van der Waals surface area contributed by atoms with Crippen molar-refractivity contribution >= 4 is 17.3 Å². The van der Waals surface area contributed by atoms with Crippen molar-refractivity contribution < 1.29 is 0 Å². The van der Waals surface area contributed by atoms with E-state index in [1.54, 1.807) is 11.3 Å². The molecule has 0 atom stereocenters. The Morgan fingerprint density at radius 2 is 2.44 bits per heavy atom. The van der Waals surface area contributed by atoms with Gasteiger partial charge < -0.3 is 10.6 Å². The number of aromatic nitrogens is 1. The van der Waals surface area contributed by atoms with Crippen LogP contribution in [-0.4, -0.2) is 23.5 Å². The first-order valence-electron chi connectivity index (χ1n) is 5.73. The van der Waals surface area contributed by atoms with Gasteiger partial charge in [-0.2, -0.15) is 0 Å². The highest BCUT2D eigenvalue weighted by Gasteiger charge is 2.22. The first kappa shape index (κ1) is 11.4. The average Bonchev–Trinajstić information content (AvgIpc) is 2.98. The van der Waals surface area contributed by atoms with E-state index in [1.807, 2.05) is 12.4 Å². The largest absolute Gasteiger partial charge is 0.357 e. The molecule has 5 heteroatoms. The van der Waals surface area contributed by atoms with Crippen molar-refractivity contribution in [1.29, 1.82) is 0 Å². The Morgan fingerprint density at radius 3 is 3.00 bits per heavy atom. The van der Waals surface area contributed by atoms with Gasteiger partial charge in [0, 0.05) is 17.5 Å². The van der Waals surface area contributed by atoms with E-state index in [4.69, 9.17) is 0 Å². The SMILES string of the molecule is CCNC(=NCc1scnc1C)NC1CC1. The zero-order chi connectivity index (χ0) is 11.4. The first-order valence-corrected chi connectivity index (χ1v) is 6.61. The van der Waals surface area contributed by atoms with Gasteiger partial charge in [-0.3, -0.25) is 0 Å². The molecule has 1 aromatic rings. The molecule has 0 spiro atoms. The van der Waals surface area contributed by atoms with Crippen LogP contribution in [0.3, 0.4) is 0 Å². The van der Waals surface area contributed by atoms with Crippen molar-refractivity contribution in [3.8, 4) is 0 Å². The Balaban J connectivity index is 1.93. The minimum absolute atomic E-state index is 0.639. The van der Waals surface area contributed by atoms with Gasteiger partial charge >= 0.3 is 0 Å². The fraction of sp³-hybridized carbons (Fsp3) is 0.636. The van der Waals surface area contributed by atoms with Crippen LogP contribution in [-0.2, 0) is 6.54 Å².